The van der Waals surface area contributed by atoms with Crippen molar-refractivity contribution in [3.63, 3.8) is 0 Å². The average molecular weight is 228 g/mol. The average Bonchev–Trinajstić information content (AvgIpc) is 2.53. The molecule has 0 saturated heterocycles. The van der Waals surface area contributed by atoms with Crippen molar-refractivity contribution >= 4 is 11.3 Å². The molecule has 2 atom stereocenters. The van der Waals surface area contributed by atoms with Crippen LogP contribution in [0.25, 0.3) is 0 Å². The maximum Gasteiger partial charge on any atom is 0.0940 e. The van der Waals surface area contributed by atoms with E-state index in [1.807, 2.05) is 13.8 Å². The molecule has 3 nitrogen and oxygen atoms in total. The highest BCUT2D eigenvalue weighted by atomic mass is 32.1. The van der Waals surface area contributed by atoms with E-state index in [9.17, 15) is 5.11 Å². The van der Waals surface area contributed by atoms with Crippen LogP contribution in [0.2, 0.25) is 0 Å². The molecule has 0 fully saturated rings. The molecular formula is C11H20N2OS. The van der Waals surface area contributed by atoms with Crippen molar-refractivity contribution < 1.29 is 5.11 Å². The minimum atomic E-state index is -0.443. The van der Waals surface area contributed by atoms with E-state index in [0.717, 1.165) is 28.4 Å². The van der Waals surface area contributed by atoms with Gasteiger partial charge >= 0.3 is 0 Å². The van der Waals surface area contributed by atoms with Crippen LogP contribution in [0.4, 0.5) is 0 Å². The van der Waals surface area contributed by atoms with E-state index in [0.29, 0.717) is 6.54 Å². The van der Waals surface area contributed by atoms with E-state index in [4.69, 9.17) is 5.73 Å². The summed E-state index contributed by atoms with van der Waals surface area (Å²) < 4.78 is 0. The lowest BCUT2D eigenvalue weighted by Crippen LogP contribution is -2.21. The molecule has 0 bridgehead atoms. The van der Waals surface area contributed by atoms with Crippen LogP contribution in [-0.4, -0.2) is 16.6 Å². The molecule has 0 aromatic carbocycles. The standard InChI is InChI=1S/C11H20N2OS/c1-4-5-9(6-12)10(14)11-7(2)13-8(3)15-11/h9-10,14H,4-6,12H2,1-3H3. The molecule has 86 valence electrons. The fourth-order valence-corrected chi connectivity index (χ4v) is 2.82. The van der Waals surface area contributed by atoms with Gasteiger partial charge in [0.25, 0.3) is 0 Å². The van der Waals surface area contributed by atoms with Crippen LogP contribution in [0.15, 0.2) is 0 Å². The van der Waals surface area contributed by atoms with Crippen molar-refractivity contribution in [2.24, 2.45) is 11.7 Å². The van der Waals surface area contributed by atoms with Gasteiger partial charge in [0.15, 0.2) is 0 Å². The maximum atomic E-state index is 10.2. The third-order valence-corrected chi connectivity index (χ3v) is 3.76. The zero-order valence-corrected chi connectivity index (χ0v) is 10.5. The van der Waals surface area contributed by atoms with Gasteiger partial charge in [-0.2, -0.15) is 0 Å². The number of nitrogens with two attached hydrogens (primary N) is 1. The van der Waals surface area contributed by atoms with E-state index in [-0.39, 0.29) is 5.92 Å². The summed E-state index contributed by atoms with van der Waals surface area (Å²) in [6.45, 7) is 6.55. The van der Waals surface area contributed by atoms with Crippen LogP contribution in [0.1, 0.15) is 41.4 Å². The van der Waals surface area contributed by atoms with E-state index >= 15 is 0 Å². The second-order valence-corrected chi connectivity index (χ2v) is 5.15. The molecule has 0 amide bonds. The molecule has 0 aliphatic heterocycles. The van der Waals surface area contributed by atoms with Crippen molar-refractivity contribution in [2.75, 3.05) is 6.54 Å². The van der Waals surface area contributed by atoms with E-state index in [2.05, 4.69) is 11.9 Å². The highest BCUT2D eigenvalue weighted by Crippen LogP contribution is 2.31. The van der Waals surface area contributed by atoms with Crippen molar-refractivity contribution in [3.05, 3.63) is 15.6 Å². The molecule has 0 spiro atoms. The van der Waals surface area contributed by atoms with E-state index in [1.54, 1.807) is 11.3 Å². The number of nitrogens with zero attached hydrogens (tertiary/aromatic N) is 1. The third-order valence-electron chi connectivity index (χ3n) is 2.62. The molecule has 0 aliphatic carbocycles. The summed E-state index contributed by atoms with van der Waals surface area (Å²) >= 11 is 1.58. The van der Waals surface area contributed by atoms with Crippen LogP contribution in [-0.2, 0) is 0 Å². The number of hydrogen-bond acceptors (Lipinski definition) is 4. The number of aromatic nitrogens is 1. The summed E-state index contributed by atoms with van der Waals surface area (Å²) in [7, 11) is 0. The topological polar surface area (TPSA) is 59.1 Å². The molecule has 15 heavy (non-hydrogen) atoms. The molecule has 1 aromatic rings. The largest absolute Gasteiger partial charge is 0.387 e. The van der Waals surface area contributed by atoms with Crippen LogP contribution in [0, 0.1) is 19.8 Å². The second kappa shape index (κ2) is 5.58. The third kappa shape index (κ3) is 3.00. The lowest BCUT2D eigenvalue weighted by molar-refractivity contribution is 0.109. The van der Waals surface area contributed by atoms with Crippen molar-refractivity contribution in [1.82, 2.24) is 4.98 Å². The second-order valence-electron chi connectivity index (χ2n) is 3.91. The van der Waals surface area contributed by atoms with Gasteiger partial charge in [-0.25, -0.2) is 4.98 Å². The van der Waals surface area contributed by atoms with Crippen LogP contribution in [0.3, 0.4) is 0 Å². The van der Waals surface area contributed by atoms with Crippen LogP contribution in [0.5, 0.6) is 0 Å². The van der Waals surface area contributed by atoms with Crippen molar-refractivity contribution in [2.45, 2.75) is 39.7 Å². The number of thiazole rings is 1. The minimum absolute atomic E-state index is 0.161. The maximum absolute atomic E-state index is 10.2. The summed E-state index contributed by atoms with van der Waals surface area (Å²) in [5.41, 5.74) is 6.62. The lowest BCUT2D eigenvalue weighted by atomic mass is 9.95. The monoisotopic (exact) mass is 228 g/mol. The molecule has 4 heteroatoms. The SMILES string of the molecule is CCCC(CN)C(O)c1sc(C)nc1C. The highest BCUT2D eigenvalue weighted by molar-refractivity contribution is 7.11. The Labute approximate surface area is 95.3 Å². The summed E-state index contributed by atoms with van der Waals surface area (Å²) in [4.78, 5) is 5.31. The predicted octanol–water partition coefficient (Wildman–Crippen LogP) is 2.17. The quantitative estimate of drug-likeness (QED) is 0.812. The molecule has 0 saturated carbocycles. The Bertz CT molecular complexity index is 312. The molecule has 0 aliphatic rings. The lowest BCUT2D eigenvalue weighted by Gasteiger charge is -2.20. The van der Waals surface area contributed by atoms with Crippen molar-refractivity contribution in [1.29, 1.82) is 0 Å². The van der Waals surface area contributed by atoms with Gasteiger partial charge in [-0.05, 0) is 26.8 Å². The fourth-order valence-electron chi connectivity index (χ4n) is 1.81. The molecule has 3 N–H and O–H groups in total. The first kappa shape index (κ1) is 12.6. The summed E-state index contributed by atoms with van der Waals surface area (Å²) in [6.07, 6.45) is 1.57. The Morgan fingerprint density at radius 1 is 1.47 bits per heavy atom. The zero-order valence-electron chi connectivity index (χ0n) is 9.66. The smallest absolute Gasteiger partial charge is 0.0940 e. The predicted molar refractivity (Wildman–Crippen MR) is 64.0 cm³/mol. The number of aliphatic hydroxyl groups excluding tert-OH is 1. The molecule has 1 aromatic heterocycles. The van der Waals surface area contributed by atoms with E-state index < -0.39 is 6.10 Å². The first-order chi connectivity index (χ1) is 7.10. The summed E-state index contributed by atoms with van der Waals surface area (Å²) in [5.74, 6) is 0.161. The molecule has 0 radical (unpaired) electrons. The Morgan fingerprint density at radius 2 is 2.13 bits per heavy atom. The number of hydrogen-bond donors (Lipinski definition) is 2. The van der Waals surface area contributed by atoms with Gasteiger partial charge < -0.3 is 10.8 Å². The molecule has 2 unspecified atom stereocenters. The first-order valence-electron chi connectivity index (χ1n) is 5.42. The van der Waals surface area contributed by atoms with Gasteiger partial charge in [-0.3, -0.25) is 0 Å². The van der Waals surface area contributed by atoms with Gasteiger partial charge in [-0.1, -0.05) is 13.3 Å². The normalized spacial score (nSPS) is 15.3. The zero-order chi connectivity index (χ0) is 11.4. The van der Waals surface area contributed by atoms with Gasteiger partial charge in [0.1, 0.15) is 0 Å². The van der Waals surface area contributed by atoms with Gasteiger partial charge in [-0.15, -0.1) is 11.3 Å². The number of rotatable bonds is 5. The van der Waals surface area contributed by atoms with Crippen molar-refractivity contribution in [3.8, 4) is 0 Å². The van der Waals surface area contributed by atoms with Gasteiger partial charge in [0.2, 0.25) is 0 Å². The highest BCUT2D eigenvalue weighted by Gasteiger charge is 2.22. The fraction of sp³-hybridized carbons (Fsp3) is 0.727. The summed E-state index contributed by atoms with van der Waals surface area (Å²) in [5, 5.41) is 11.2. The molecule has 1 rings (SSSR count). The number of aliphatic hydroxyl groups is 1. The van der Waals surface area contributed by atoms with Crippen LogP contribution < -0.4 is 5.73 Å². The summed E-state index contributed by atoms with van der Waals surface area (Å²) in [6, 6.07) is 0. The van der Waals surface area contributed by atoms with Crippen LogP contribution >= 0.6 is 11.3 Å². The first-order valence-corrected chi connectivity index (χ1v) is 6.23. The number of aryl methyl sites for hydroxylation is 2. The Kier molecular flexibility index (Phi) is 4.70. The Hall–Kier alpha value is -0.450. The minimum Gasteiger partial charge on any atom is -0.387 e. The molecular weight excluding hydrogens is 208 g/mol. The van der Waals surface area contributed by atoms with Gasteiger partial charge in [0, 0.05) is 5.92 Å². The molecule has 1 heterocycles. The Balaban J connectivity index is 2.81. The van der Waals surface area contributed by atoms with E-state index in [1.165, 1.54) is 0 Å². The van der Waals surface area contributed by atoms with Gasteiger partial charge in [0.05, 0.1) is 21.7 Å². The Morgan fingerprint density at radius 3 is 2.53 bits per heavy atom.